The van der Waals surface area contributed by atoms with Crippen LogP contribution in [0.2, 0.25) is 0 Å². The number of amides is 2. The summed E-state index contributed by atoms with van der Waals surface area (Å²) >= 11 is 0. The van der Waals surface area contributed by atoms with Gasteiger partial charge in [-0.15, -0.1) is 0 Å². The molecule has 6 heteroatoms. The van der Waals surface area contributed by atoms with E-state index in [1.54, 1.807) is 18.2 Å². The van der Waals surface area contributed by atoms with Gasteiger partial charge in [-0.2, -0.15) is 0 Å². The van der Waals surface area contributed by atoms with E-state index in [9.17, 15) is 9.59 Å². The van der Waals surface area contributed by atoms with Crippen LogP contribution >= 0.6 is 0 Å². The smallest absolute Gasteiger partial charge is 0.404 e. The normalized spacial score (nSPS) is 17.1. The second-order valence-electron chi connectivity index (χ2n) is 7.28. The molecule has 1 saturated carbocycles. The number of carbonyl (C=O) groups excluding carboxylic acids is 1. The molecule has 0 aliphatic heterocycles. The van der Waals surface area contributed by atoms with E-state index in [2.05, 4.69) is 10.6 Å². The monoisotopic (exact) mass is 402 g/mol. The third-order valence-corrected chi connectivity index (χ3v) is 5.04. The highest BCUT2D eigenvalue weighted by atomic mass is 16.5. The molecule has 0 unspecified atom stereocenters. The minimum atomic E-state index is -0.999. The molecule has 3 aromatic carbocycles. The van der Waals surface area contributed by atoms with Crippen LogP contribution in [-0.2, 0) is 6.61 Å². The molecule has 3 N–H and O–H groups in total. The van der Waals surface area contributed by atoms with Gasteiger partial charge in [-0.1, -0.05) is 48.5 Å². The van der Waals surface area contributed by atoms with Crippen LogP contribution in [0, 0.1) is 0 Å². The van der Waals surface area contributed by atoms with Gasteiger partial charge in [-0.3, -0.25) is 4.79 Å². The second kappa shape index (κ2) is 8.69. The van der Waals surface area contributed by atoms with E-state index in [1.165, 1.54) is 0 Å². The van der Waals surface area contributed by atoms with E-state index < -0.39 is 6.09 Å². The average Bonchev–Trinajstić information content (AvgIpc) is 3.52. The number of hydrogen-bond acceptors (Lipinski definition) is 3. The summed E-state index contributed by atoms with van der Waals surface area (Å²) < 4.78 is 5.79. The first-order valence-corrected chi connectivity index (χ1v) is 9.76. The Morgan fingerprint density at radius 3 is 2.47 bits per heavy atom. The van der Waals surface area contributed by atoms with Crippen LogP contribution in [0.5, 0.6) is 5.75 Å². The molecule has 0 saturated heterocycles. The lowest BCUT2D eigenvalue weighted by atomic mass is 10.1. The molecular weight excluding hydrogens is 380 g/mol. The Balaban J connectivity index is 1.34. The molecule has 0 radical (unpaired) electrons. The molecule has 0 bridgehead atoms. The van der Waals surface area contributed by atoms with Crippen molar-refractivity contribution in [3.63, 3.8) is 0 Å². The van der Waals surface area contributed by atoms with Crippen LogP contribution in [0.3, 0.4) is 0 Å². The van der Waals surface area contributed by atoms with Crippen molar-refractivity contribution >= 4 is 17.7 Å². The van der Waals surface area contributed by atoms with Crippen molar-refractivity contribution in [3.8, 4) is 5.75 Å². The maximum Gasteiger partial charge on any atom is 0.404 e. The van der Waals surface area contributed by atoms with E-state index in [-0.39, 0.29) is 17.9 Å². The fourth-order valence-corrected chi connectivity index (χ4v) is 3.37. The zero-order valence-corrected chi connectivity index (χ0v) is 16.2. The highest BCUT2D eigenvalue weighted by Crippen LogP contribution is 2.41. The number of anilines is 1. The van der Waals surface area contributed by atoms with E-state index in [4.69, 9.17) is 9.84 Å². The van der Waals surface area contributed by atoms with Gasteiger partial charge < -0.3 is 20.5 Å². The zero-order valence-electron chi connectivity index (χ0n) is 16.2. The average molecular weight is 402 g/mol. The van der Waals surface area contributed by atoms with Crippen molar-refractivity contribution in [1.29, 1.82) is 0 Å². The largest absolute Gasteiger partial charge is 0.489 e. The predicted molar refractivity (Wildman–Crippen MR) is 114 cm³/mol. The fraction of sp³-hybridized carbons (Fsp3) is 0.167. The quantitative estimate of drug-likeness (QED) is 0.537. The van der Waals surface area contributed by atoms with Crippen LogP contribution in [0.4, 0.5) is 10.5 Å². The molecule has 1 aliphatic rings. The number of benzene rings is 3. The number of hydrogen-bond donors (Lipinski definition) is 3. The van der Waals surface area contributed by atoms with Crippen molar-refractivity contribution in [3.05, 3.63) is 95.6 Å². The lowest BCUT2D eigenvalue weighted by molar-refractivity contribution is 0.102. The summed E-state index contributed by atoms with van der Waals surface area (Å²) in [6, 6.07) is 24.4. The molecule has 0 aromatic heterocycles. The molecule has 6 nitrogen and oxygen atoms in total. The van der Waals surface area contributed by atoms with Crippen LogP contribution in [-0.4, -0.2) is 23.1 Å². The maximum absolute atomic E-state index is 12.6. The number of rotatable bonds is 7. The highest BCUT2D eigenvalue weighted by molar-refractivity contribution is 6.04. The van der Waals surface area contributed by atoms with Gasteiger partial charge in [0.25, 0.3) is 5.91 Å². The Bertz CT molecular complexity index is 1030. The van der Waals surface area contributed by atoms with Gasteiger partial charge >= 0.3 is 6.09 Å². The Hall–Kier alpha value is -3.80. The first kappa shape index (κ1) is 19.5. The van der Waals surface area contributed by atoms with Crippen molar-refractivity contribution in [1.82, 2.24) is 5.32 Å². The van der Waals surface area contributed by atoms with E-state index in [0.717, 1.165) is 17.5 Å². The summed E-state index contributed by atoms with van der Waals surface area (Å²) in [4.78, 5) is 23.3. The fourth-order valence-electron chi connectivity index (χ4n) is 3.37. The van der Waals surface area contributed by atoms with Crippen molar-refractivity contribution < 1.29 is 19.4 Å². The van der Waals surface area contributed by atoms with Gasteiger partial charge in [0, 0.05) is 23.2 Å². The molecule has 1 aliphatic carbocycles. The second-order valence-corrected chi connectivity index (χ2v) is 7.28. The first-order valence-electron chi connectivity index (χ1n) is 9.76. The summed E-state index contributed by atoms with van der Waals surface area (Å²) in [6.07, 6.45) is -0.199. The Morgan fingerprint density at radius 2 is 1.73 bits per heavy atom. The van der Waals surface area contributed by atoms with E-state index in [0.29, 0.717) is 23.6 Å². The lowest BCUT2D eigenvalue weighted by Gasteiger charge is -2.09. The van der Waals surface area contributed by atoms with Gasteiger partial charge in [0.15, 0.2) is 0 Å². The van der Waals surface area contributed by atoms with E-state index >= 15 is 0 Å². The van der Waals surface area contributed by atoms with Gasteiger partial charge in [0.05, 0.1) is 0 Å². The predicted octanol–water partition coefficient (Wildman–Crippen LogP) is 4.64. The summed E-state index contributed by atoms with van der Waals surface area (Å²) in [6.45, 7) is 0.437. The molecule has 4 rings (SSSR count). The molecule has 0 spiro atoms. The Kier molecular flexibility index (Phi) is 5.66. The third kappa shape index (κ3) is 4.97. The molecule has 1 fully saturated rings. The standard InChI is InChI=1S/C24H22N2O4/c27-23(18-7-4-8-20(13-18)30-15-16-5-2-1-3-6-16)25-19-11-9-17(10-12-19)21-14-22(21)26-24(28)29/h1-13,21-22,26H,14-15H2,(H,25,27)(H,28,29)/t21-,22+/m0/s1. The highest BCUT2D eigenvalue weighted by Gasteiger charge is 2.39. The third-order valence-electron chi connectivity index (χ3n) is 5.04. The van der Waals surface area contributed by atoms with Crippen molar-refractivity contribution in [2.75, 3.05) is 5.32 Å². The van der Waals surface area contributed by atoms with Gasteiger partial charge in [0.1, 0.15) is 12.4 Å². The van der Waals surface area contributed by atoms with Crippen LogP contribution in [0.1, 0.15) is 33.8 Å². The van der Waals surface area contributed by atoms with Crippen molar-refractivity contribution in [2.45, 2.75) is 25.0 Å². The number of ether oxygens (including phenoxy) is 1. The van der Waals surface area contributed by atoms with Crippen LogP contribution in [0.15, 0.2) is 78.9 Å². The van der Waals surface area contributed by atoms with E-state index in [1.807, 2.05) is 60.7 Å². The molecule has 2 atom stereocenters. The minimum Gasteiger partial charge on any atom is -0.489 e. The van der Waals surface area contributed by atoms with Crippen molar-refractivity contribution in [2.24, 2.45) is 0 Å². The topological polar surface area (TPSA) is 87.7 Å². The first-order chi connectivity index (χ1) is 14.6. The summed E-state index contributed by atoms with van der Waals surface area (Å²) in [5.74, 6) is 0.613. The maximum atomic E-state index is 12.6. The summed E-state index contributed by atoms with van der Waals surface area (Å²) in [5, 5.41) is 14.2. The minimum absolute atomic E-state index is 0.0263. The summed E-state index contributed by atoms with van der Waals surface area (Å²) in [7, 11) is 0. The number of nitrogens with one attached hydrogen (secondary N) is 2. The molecule has 30 heavy (non-hydrogen) atoms. The number of carbonyl (C=O) groups is 2. The zero-order chi connectivity index (χ0) is 20.9. The van der Waals surface area contributed by atoms with Gasteiger partial charge in [-0.05, 0) is 47.9 Å². The number of carboxylic acid groups (broad SMARTS) is 1. The molecular formula is C24H22N2O4. The molecule has 2 amide bonds. The molecule has 152 valence electrons. The SMILES string of the molecule is O=C(O)N[C@@H]1C[C@H]1c1ccc(NC(=O)c2cccc(OCc3ccccc3)c2)cc1. The molecule has 3 aromatic rings. The lowest BCUT2D eigenvalue weighted by Crippen LogP contribution is -2.24. The van der Waals surface area contributed by atoms with Gasteiger partial charge in [0.2, 0.25) is 0 Å². The Morgan fingerprint density at radius 1 is 0.967 bits per heavy atom. The summed E-state index contributed by atoms with van der Waals surface area (Å²) in [5.41, 5.74) is 3.31. The Labute approximate surface area is 174 Å². The van der Waals surface area contributed by atoms with Gasteiger partial charge in [-0.25, -0.2) is 4.79 Å². The van der Waals surface area contributed by atoms with Crippen LogP contribution < -0.4 is 15.4 Å². The molecule has 0 heterocycles. The van der Waals surface area contributed by atoms with Crippen LogP contribution in [0.25, 0.3) is 0 Å².